The first-order chi connectivity index (χ1) is 19.5. The summed E-state index contributed by atoms with van der Waals surface area (Å²) in [6, 6.07) is 6.82. The van der Waals surface area contributed by atoms with Gasteiger partial charge in [-0.1, -0.05) is 31.5 Å². The van der Waals surface area contributed by atoms with E-state index in [1.807, 2.05) is 0 Å². The van der Waals surface area contributed by atoms with E-state index in [2.05, 4.69) is 10.6 Å². The second-order valence-corrected chi connectivity index (χ2v) is 13.0. The molecule has 2 amide bonds. The Balaban J connectivity index is 0.00000206. The van der Waals surface area contributed by atoms with E-state index in [4.69, 9.17) is 26.2 Å². The van der Waals surface area contributed by atoms with Crippen LogP contribution in [0.2, 0.25) is 5.02 Å². The van der Waals surface area contributed by atoms with Crippen molar-refractivity contribution in [1.82, 2.24) is 10.6 Å². The SMILES string of the molecule is CC(=O)O.COc1ccc(S(C)(=O)=O)cc1CC(=O)NC(C(=O)N[C@@H](C)C(=O)CSCc1c(F)cccc1Cl)C(C)C. The first kappa shape index (κ1) is 36.9. The van der Waals surface area contributed by atoms with Gasteiger partial charge in [-0.15, -0.1) is 11.8 Å². The number of rotatable bonds is 13. The first-order valence-corrected chi connectivity index (χ1v) is 16.1. The summed E-state index contributed by atoms with van der Waals surface area (Å²) in [5.74, 6) is -2.34. The molecule has 0 aromatic heterocycles. The van der Waals surface area contributed by atoms with Crippen LogP contribution in [0.3, 0.4) is 0 Å². The molecule has 0 heterocycles. The number of hydrogen-bond acceptors (Lipinski definition) is 8. The molecule has 0 spiro atoms. The molecule has 0 aliphatic rings. The highest BCUT2D eigenvalue weighted by Crippen LogP contribution is 2.25. The van der Waals surface area contributed by atoms with Crippen molar-refractivity contribution >= 4 is 56.8 Å². The van der Waals surface area contributed by atoms with Crippen molar-refractivity contribution in [3.63, 3.8) is 0 Å². The number of thioether (sulfide) groups is 1. The van der Waals surface area contributed by atoms with Crippen LogP contribution >= 0.6 is 23.4 Å². The number of ketones is 1. The van der Waals surface area contributed by atoms with Crippen LogP contribution in [0.25, 0.3) is 0 Å². The quantitative estimate of drug-likeness (QED) is 0.295. The summed E-state index contributed by atoms with van der Waals surface area (Å²) >= 11 is 7.20. The molecule has 0 saturated heterocycles. The fourth-order valence-electron chi connectivity index (χ4n) is 3.49. The van der Waals surface area contributed by atoms with Gasteiger partial charge in [0, 0.05) is 35.1 Å². The van der Waals surface area contributed by atoms with Gasteiger partial charge in [0.2, 0.25) is 11.8 Å². The number of ether oxygens (including phenoxy) is 1. The van der Waals surface area contributed by atoms with Crippen molar-refractivity contribution < 1.29 is 41.8 Å². The number of methoxy groups -OCH3 is 1. The van der Waals surface area contributed by atoms with Gasteiger partial charge < -0.3 is 20.5 Å². The molecule has 0 saturated carbocycles. The van der Waals surface area contributed by atoms with Crippen molar-refractivity contribution in [2.45, 2.75) is 56.8 Å². The fourth-order valence-corrected chi connectivity index (χ4v) is 5.52. The molecule has 2 aromatic rings. The van der Waals surface area contributed by atoms with Gasteiger partial charge in [0.1, 0.15) is 17.6 Å². The number of hydrogen-bond donors (Lipinski definition) is 3. The molecule has 0 fully saturated rings. The van der Waals surface area contributed by atoms with E-state index in [0.717, 1.165) is 13.2 Å². The average Bonchev–Trinajstić information content (AvgIpc) is 2.87. The van der Waals surface area contributed by atoms with E-state index < -0.39 is 45.5 Å². The number of carboxylic acids is 1. The molecular formula is C28H36ClFN2O8S2. The normalized spacial score (nSPS) is 12.4. The highest BCUT2D eigenvalue weighted by Gasteiger charge is 2.27. The number of Topliss-reactive ketones (excluding diaryl/α,β-unsaturated/α-hetero) is 1. The number of sulfone groups is 1. The van der Waals surface area contributed by atoms with Crippen LogP contribution in [-0.4, -0.2) is 68.3 Å². The molecule has 42 heavy (non-hydrogen) atoms. The van der Waals surface area contributed by atoms with Gasteiger partial charge in [-0.2, -0.15) is 0 Å². The zero-order chi connectivity index (χ0) is 32.2. The Morgan fingerprint density at radius 3 is 2.24 bits per heavy atom. The molecule has 2 aromatic carbocycles. The lowest BCUT2D eigenvalue weighted by Crippen LogP contribution is -2.53. The Kier molecular flexibility index (Phi) is 15.0. The van der Waals surface area contributed by atoms with E-state index in [1.165, 1.54) is 56.1 Å². The monoisotopic (exact) mass is 646 g/mol. The second kappa shape index (κ2) is 17.1. The number of carboxylic acid groups (broad SMARTS) is 1. The topological polar surface area (TPSA) is 156 Å². The van der Waals surface area contributed by atoms with Gasteiger partial charge in [0.15, 0.2) is 15.6 Å². The van der Waals surface area contributed by atoms with Gasteiger partial charge in [-0.3, -0.25) is 19.2 Å². The summed E-state index contributed by atoms with van der Waals surface area (Å²) in [4.78, 5) is 47.3. The average molecular weight is 647 g/mol. The molecule has 0 radical (unpaired) electrons. The van der Waals surface area contributed by atoms with Crippen molar-refractivity contribution in [3.8, 4) is 5.75 Å². The summed E-state index contributed by atoms with van der Waals surface area (Å²) in [7, 11) is -2.09. The third kappa shape index (κ3) is 12.4. The largest absolute Gasteiger partial charge is 0.496 e. The van der Waals surface area contributed by atoms with Crippen LogP contribution in [0.5, 0.6) is 5.75 Å². The predicted molar refractivity (Wildman–Crippen MR) is 160 cm³/mol. The van der Waals surface area contributed by atoms with E-state index in [0.29, 0.717) is 16.9 Å². The van der Waals surface area contributed by atoms with E-state index in [1.54, 1.807) is 19.9 Å². The minimum atomic E-state index is -3.49. The lowest BCUT2D eigenvalue weighted by molar-refractivity contribution is -0.134. The summed E-state index contributed by atoms with van der Waals surface area (Å²) in [6.07, 6.45) is 0.848. The van der Waals surface area contributed by atoms with E-state index in [9.17, 15) is 27.2 Å². The molecule has 2 rings (SSSR count). The number of nitrogens with one attached hydrogen (secondary N) is 2. The zero-order valence-corrected chi connectivity index (χ0v) is 26.6. The maximum Gasteiger partial charge on any atom is 0.300 e. The molecule has 14 heteroatoms. The zero-order valence-electron chi connectivity index (χ0n) is 24.2. The maximum atomic E-state index is 13.9. The molecule has 10 nitrogen and oxygen atoms in total. The van der Waals surface area contributed by atoms with Crippen LogP contribution in [0.4, 0.5) is 4.39 Å². The van der Waals surface area contributed by atoms with Crippen molar-refractivity contribution in [1.29, 1.82) is 0 Å². The van der Waals surface area contributed by atoms with Gasteiger partial charge in [-0.05, 0) is 43.2 Å². The Bertz CT molecular complexity index is 1360. The number of carbonyl (C=O) groups is 4. The third-order valence-electron chi connectivity index (χ3n) is 5.69. The molecular weight excluding hydrogens is 611 g/mol. The minimum absolute atomic E-state index is 0.0291. The number of benzene rings is 2. The molecule has 1 unspecified atom stereocenters. The molecule has 0 aliphatic carbocycles. The Morgan fingerprint density at radius 1 is 1.10 bits per heavy atom. The van der Waals surface area contributed by atoms with E-state index in [-0.39, 0.29) is 39.5 Å². The van der Waals surface area contributed by atoms with Gasteiger partial charge in [-0.25, -0.2) is 12.8 Å². The Hall–Kier alpha value is -3.16. The fraction of sp³-hybridized carbons (Fsp3) is 0.429. The number of halogens is 2. The van der Waals surface area contributed by atoms with Crippen LogP contribution in [0.15, 0.2) is 41.3 Å². The molecule has 2 atom stereocenters. The summed E-state index contributed by atoms with van der Waals surface area (Å²) < 4.78 is 43.0. The predicted octanol–water partition coefficient (Wildman–Crippen LogP) is 3.67. The maximum absolute atomic E-state index is 13.9. The molecule has 0 aliphatic heterocycles. The summed E-state index contributed by atoms with van der Waals surface area (Å²) in [6.45, 7) is 6.11. The molecule has 3 N–H and O–H groups in total. The van der Waals surface area contributed by atoms with E-state index >= 15 is 0 Å². The van der Waals surface area contributed by atoms with Gasteiger partial charge in [0.05, 0.1) is 30.2 Å². The van der Waals surface area contributed by atoms with Gasteiger partial charge in [0.25, 0.3) is 5.97 Å². The van der Waals surface area contributed by atoms with Crippen molar-refractivity contribution in [2.24, 2.45) is 5.92 Å². The number of amides is 2. The van der Waals surface area contributed by atoms with Crippen molar-refractivity contribution in [2.75, 3.05) is 19.1 Å². The number of aliphatic carboxylic acids is 1. The van der Waals surface area contributed by atoms with Crippen LogP contribution in [-0.2, 0) is 41.2 Å². The number of carbonyl (C=O) groups excluding carboxylic acids is 3. The Morgan fingerprint density at radius 2 is 1.71 bits per heavy atom. The van der Waals surface area contributed by atoms with Gasteiger partial charge >= 0.3 is 0 Å². The lowest BCUT2D eigenvalue weighted by atomic mass is 10.0. The van der Waals surface area contributed by atoms with Crippen molar-refractivity contribution in [3.05, 3.63) is 58.4 Å². The third-order valence-corrected chi connectivity index (χ3v) is 8.14. The smallest absolute Gasteiger partial charge is 0.300 e. The molecule has 232 valence electrons. The summed E-state index contributed by atoms with van der Waals surface area (Å²) in [5, 5.41) is 13.0. The highest BCUT2D eigenvalue weighted by atomic mass is 35.5. The standard InChI is InChI=1S/C26H32ClFN2O6S2.C2H4O2/c1-15(2)25(30-24(32)12-17-11-18(38(5,34)35)9-10-23(17)36-4)26(33)29-16(3)22(31)14-37-13-19-20(27)7-6-8-21(19)28;1-2(3)4/h6-11,15-16,25H,12-14H2,1-5H3,(H,29,33)(H,30,32);1H3,(H,3,4)/t16-,25?;/m0./s1. The minimum Gasteiger partial charge on any atom is -0.496 e. The molecule has 0 bridgehead atoms. The first-order valence-electron chi connectivity index (χ1n) is 12.7. The van der Waals surface area contributed by atoms with Crippen LogP contribution < -0.4 is 15.4 Å². The van der Waals surface area contributed by atoms with Crippen LogP contribution in [0.1, 0.15) is 38.8 Å². The summed E-state index contributed by atoms with van der Waals surface area (Å²) in [5.41, 5.74) is 0.663. The lowest BCUT2D eigenvalue weighted by Gasteiger charge is -2.24. The van der Waals surface area contributed by atoms with Crippen LogP contribution in [0, 0.1) is 11.7 Å². The second-order valence-electron chi connectivity index (χ2n) is 9.62. The Labute approximate surface area is 254 Å². The highest BCUT2D eigenvalue weighted by molar-refractivity contribution is 7.99.